The maximum atomic E-state index is 12.7. The van der Waals surface area contributed by atoms with Crippen LogP contribution in [0.1, 0.15) is 52.9 Å². The Kier molecular flexibility index (Phi) is 14.5. The van der Waals surface area contributed by atoms with E-state index in [9.17, 15) is 21.6 Å². The number of sulfonamides is 1. The van der Waals surface area contributed by atoms with Crippen LogP contribution in [0.15, 0.2) is 4.99 Å². The molecule has 1 saturated heterocycles. The van der Waals surface area contributed by atoms with E-state index in [4.69, 9.17) is 0 Å². The van der Waals surface area contributed by atoms with E-state index in [2.05, 4.69) is 34.4 Å². The second kappa shape index (κ2) is 14.7. The van der Waals surface area contributed by atoms with Crippen LogP contribution in [0.3, 0.4) is 0 Å². The molecule has 0 saturated carbocycles. The third kappa shape index (κ3) is 9.86. The van der Waals surface area contributed by atoms with Gasteiger partial charge in [0.2, 0.25) is 0 Å². The number of nitrogens with one attached hydrogen (secondary N) is 2. The molecule has 0 bridgehead atoms. The zero-order valence-corrected chi connectivity index (χ0v) is 21.3. The molecule has 0 unspecified atom stereocenters. The van der Waals surface area contributed by atoms with E-state index in [0.29, 0.717) is 36.2 Å². The highest BCUT2D eigenvalue weighted by Crippen LogP contribution is 2.28. The number of halogens is 4. The highest BCUT2D eigenvalue weighted by Gasteiger charge is 2.50. The van der Waals surface area contributed by atoms with E-state index in [1.807, 2.05) is 6.92 Å². The van der Waals surface area contributed by atoms with Crippen molar-refractivity contribution in [2.45, 2.75) is 64.4 Å². The summed E-state index contributed by atoms with van der Waals surface area (Å²) >= 11 is 0. The first kappa shape index (κ1) is 29.7. The Labute approximate surface area is 196 Å². The first-order chi connectivity index (χ1) is 13.7. The van der Waals surface area contributed by atoms with Gasteiger partial charge in [-0.2, -0.15) is 17.5 Å². The van der Waals surface area contributed by atoms with Gasteiger partial charge in [-0.1, -0.05) is 13.8 Å². The highest BCUT2D eigenvalue weighted by atomic mass is 127. The summed E-state index contributed by atoms with van der Waals surface area (Å²) in [7, 11) is -5.24. The van der Waals surface area contributed by atoms with Crippen LogP contribution in [-0.4, -0.2) is 80.9 Å². The maximum Gasteiger partial charge on any atom is 0.511 e. The van der Waals surface area contributed by atoms with Crippen molar-refractivity contribution in [3.8, 4) is 0 Å². The summed E-state index contributed by atoms with van der Waals surface area (Å²) in [5.41, 5.74) is -5.24. The molecule has 0 aromatic carbocycles. The average Bonchev–Trinajstić information content (AvgIpc) is 2.65. The number of guanidine groups is 1. The van der Waals surface area contributed by atoms with E-state index in [1.54, 1.807) is 0 Å². The van der Waals surface area contributed by atoms with Crippen molar-refractivity contribution in [2.24, 2.45) is 4.99 Å². The second-order valence-corrected chi connectivity index (χ2v) is 9.15. The number of hydrogen-bond donors (Lipinski definition) is 2. The highest BCUT2D eigenvalue weighted by molar-refractivity contribution is 14.0. The summed E-state index contributed by atoms with van der Waals surface area (Å²) in [6.45, 7) is 10.4. The van der Waals surface area contributed by atoms with Crippen LogP contribution in [0.2, 0.25) is 0 Å². The maximum absolute atomic E-state index is 12.7. The van der Waals surface area contributed by atoms with Crippen molar-refractivity contribution >= 4 is 40.0 Å². The number of aliphatic imine (C=N–C) groups is 1. The van der Waals surface area contributed by atoms with Crippen LogP contribution in [0.5, 0.6) is 0 Å². The minimum Gasteiger partial charge on any atom is -0.357 e. The molecule has 0 radical (unpaired) electrons. The number of rotatable bonds is 11. The predicted molar refractivity (Wildman–Crippen MR) is 126 cm³/mol. The third-order valence-electron chi connectivity index (χ3n) is 4.75. The van der Waals surface area contributed by atoms with Crippen molar-refractivity contribution in [2.75, 3.05) is 45.8 Å². The van der Waals surface area contributed by atoms with E-state index < -0.39 is 15.5 Å². The van der Waals surface area contributed by atoms with Gasteiger partial charge in [-0.3, -0.25) is 4.99 Å². The molecule has 0 aromatic heterocycles. The van der Waals surface area contributed by atoms with Gasteiger partial charge in [0.25, 0.3) is 0 Å². The van der Waals surface area contributed by atoms with E-state index >= 15 is 0 Å². The van der Waals surface area contributed by atoms with Gasteiger partial charge >= 0.3 is 15.5 Å². The van der Waals surface area contributed by atoms with Crippen molar-refractivity contribution in [3.63, 3.8) is 0 Å². The van der Waals surface area contributed by atoms with Crippen molar-refractivity contribution < 1.29 is 21.6 Å². The molecule has 0 amide bonds. The monoisotopic (exact) mass is 571 g/mol. The minimum absolute atomic E-state index is 0. The van der Waals surface area contributed by atoms with Gasteiger partial charge in [-0.25, -0.2) is 8.42 Å². The Balaban J connectivity index is 0.00000841. The largest absolute Gasteiger partial charge is 0.511 e. The second-order valence-electron chi connectivity index (χ2n) is 7.22. The van der Waals surface area contributed by atoms with Crippen molar-refractivity contribution in [1.82, 2.24) is 19.8 Å². The standard InChI is InChI=1S/C18H36F3N5O2S.HI/c1-4-11-25(12-5-2)13-7-10-23-17(22-6-3)24-16-8-14-26(15-9-16)29(27,28)18(19,20)21;/h16H,4-15H2,1-3H3,(H2,22,23,24);1H. The molecule has 1 heterocycles. The first-order valence-electron chi connectivity index (χ1n) is 10.5. The molecule has 12 heteroatoms. The van der Waals surface area contributed by atoms with Crippen LogP contribution in [-0.2, 0) is 10.0 Å². The third-order valence-corrected chi connectivity index (χ3v) is 6.38. The zero-order chi connectivity index (χ0) is 21.9. The summed E-state index contributed by atoms with van der Waals surface area (Å²) in [6.07, 6.45) is 3.78. The van der Waals surface area contributed by atoms with Gasteiger partial charge in [0.15, 0.2) is 5.96 Å². The Hall–Kier alpha value is -0.340. The fraction of sp³-hybridized carbons (Fsp3) is 0.944. The molecule has 0 atom stereocenters. The van der Waals surface area contributed by atoms with Gasteiger partial charge in [0.1, 0.15) is 0 Å². The molecule has 0 aliphatic carbocycles. The minimum atomic E-state index is -5.24. The molecule has 1 aliphatic heterocycles. The average molecular weight is 571 g/mol. The molecule has 1 fully saturated rings. The lowest BCUT2D eigenvalue weighted by Crippen LogP contribution is -2.51. The van der Waals surface area contributed by atoms with Gasteiger partial charge in [0.05, 0.1) is 0 Å². The molecular weight excluding hydrogens is 534 g/mol. The fourth-order valence-electron chi connectivity index (χ4n) is 3.35. The first-order valence-corrected chi connectivity index (χ1v) is 11.9. The smallest absolute Gasteiger partial charge is 0.357 e. The topological polar surface area (TPSA) is 77.0 Å². The van der Waals surface area contributed by atoms with Crippen LogP contribution < -0.4 is 10.6 Å². The van der Waals surface area contributed by atoms with E-state index in [-0.39, 0.29) is 43.1 Å². The summed E-state index contributed by atoms with van der Waals surface area (Å²) in [5, 5.41) is 6.38. The van der Waals surface area contributed by atoms with E-state index in [1.165, 1.54) is 0 Å². The van der Waals surface area contributed by atoms with Gasteiger partial charge in [-0.05, 0) is 58.7 Å². The van der Waals surface area contributed by atoms with Gasteiger partial charge in [0, 0.05) is 32.2 Å². The summed E-state index contributed by atoms with van der Waals surface area (Å²) < 4.78 is 61.5. The Morgan fingerprint density at radius 3 is 2.13 bits per heavy atom. The molecule has 0 aromatic rings. The van der Waals surface area contributed by atoms with Crippen molar-refractivity contribution in [3.05, 3.63) is 0 Å². The van der Waals surface area contributed by atoms with Crippen molar-refractivity contribution in [1.29, 1.82) is 0 Å². The summed E-state index contributed by atoms with van der Waals surface area (Å²) in [6, 6.07) is -0.107. The van der Waals surface area contributed by atoms with E-state index in [0.717, 1.165) is 38.9 Å². The van der Waals surface area contributed by atoms with Gasteiger partial charge < -0.3 is 15.5 Å². The normalized spacial score (nSPS) is 17.1. The zero-order valence-electron chi connectivity index (χ0n) is 18.2. The molecule has 0 spiro atoms. The number of alkyl halides is 3. The molecule has 1 rings (SSSR count). The quantitative estimate of drug-likeness (QED) is 0.173. The Bertz CT molecular complexity index is 591. The number of nitrogens with zero attached hydrogens (tertiary/aromatic N) is 3. The molecular formula is C18H37F3IN5O2S. The lowest BCUT2D eigenvalue weighted by molar-refractivity contribution is -0.0494. The number of hydrogen-bond acceptors (Lipinski definition) is 4. The Morgan fingerprint density at radius 2 is 1.67 bits per heavy atom. The molecule has 7 nitrogen and oxygen atoms in total. The lowest BCUT2D eigenvalue weighted by atomic mass is 10.1. The number of piperidine rings is 1. The molecule has 180 valence electrons. The van der Waals surface area contributed by atoms with Crippen LogP contribution in [0.25, 0.3) is 0 Å². The Morgan fingerprint density at radius 1 is 1.10 bits per heavy atom. The SMILES string of the molecule is CCCN(CCC)CCCN=C(NCC)NC1CCN(S(=O)(=O)C(F)(F)F)CC1.I. The molecule has 30 heavy (non-hydrogen) atoms. The summed E-state index contributed by atoms with van der Waals surface area (Å²) in [4.78, 5) is 6.99. The molecule has 1 aliphatic rings. The summed E-state index contributed by atoms with van der Waals surface area (Å²) in [5.74, 6) is 0.627. The fourth-order valence-corrected chi connectivity index (χ4v) is 4.34. The predicted octanol–water partition coefficient (Wildman–Crippen LogP) is 2.99. The van der Waals surface area contributed by atoms with Gasteiger partial charge in [-0.15, -0.1) is 24.0 Å². The lowest BCUT2D eigenvalue weighted by Gasteiger charge is -2.32. The van der Waals surface area contributed by atoms with Crippen LogP contribution >= 0.6 is 24.0 Å². The van der Waals surface area contributed by atoms with Crippen LogP contribution in [0, 0.1) is 0 Å². The molecule has 2 N–H and O–H groups in total. The van der Waals surface area contributed by atoms with Crippen LogP contribution in [0.4, 0.5) is 13.2 Å².